The molecule has 0 atom stereocenters. The Bertz CT molecular complexity index is 141. The first kappa shape index (κ1) is 15.9. The molecule has 0 spiro atoms. The van der Waals surface area contributed by atoms with Crippen molar-refractivity contribution in [3.63, 3.8) is 0 Å². The van der Waals surface area contributed by atoms with Gasteiger partial charge in [-0.05, 0) is 0 Å². The maximum absolute atomic E-state index is 9.89. The Hall–Kier alpha value is -1.14. The van der Waals surface area contributed by atoms with Gasteiger partial charge in [0.25, 0.3) is 11.8 Å². The molecule has 0 aliphatic rings. The second kappa shape index (κ2) is 5.99. The average molecular weight is 170 g/mol. The largest absolute Gasteiger partial charge is 0.363 e. The average Bonchev–Trinajstić information content (AvgIpc) is 1.64. The van der Waals surface area contributed by atoms with Crippen LogP contribution in [0.3, 0.4) is 0 Å². The van der Waals surface area contributed by atoms with Crippen LogP contribution in [0.5, 0.6) is 0 Å². The maximum atomic E-state index is 9.89. The standard InChI is InChI=1S/C3H4N2O3.ClH.H3N/c4-2(7)1(6)3(5)8;;/h(H2,4,7)(H2,5,8);1H;1H3. The third-order valence-corrected chi connectivity index (χ3v) is 0.448. The van der Waals surface area contributed by atoms with E-state index in [0.717, 1.165) is 0 Å². The topological polar surface area (TPSA) is 138 Å². The molecule has 0 rings (SSSR count). The van der Waals surface area contributed by atoms with Crippen molar-refractivity contribution in [1.29, 1.82) is 0 Å². The summed E-state index contributed by atoms with van der Waals surface area (Å²) in [6.07, 6.45) is 0. The van der Waals surface area contributed by atoms with Gasteiger partial charge in [-0.3, -0.25) is 14.4 Å². The number of nitrogens with two attached hydrogens (primary N) is 2. The van der Waals surface area contributed by atoms with Crippen LogP contribution in [0.1, 0.15) is 0 Å². The van der Waals surface area contributed by atoms with Crippen LogP contribution in [-0.4, -0.2) is 17.6 Å². The zero-order chi connectivity index (χ0) is 6.73. The molecule has 60 valence electrons. The molecule has 0 bridgehead atoms. The Labute approximate surface area is 62.9 Å². The van der Waals surface area contributed by atoms with Crippen molar-refractivity contribution in [2.75, 3.05) is 0 Å². The first-order valence-electron chi connectivity index (χ1n) is 1.69. The van der Waals surface area contributed by atoms with E-state index in [4.69, 9.17) is 0 Å². The van der Waals surface area contributed by atoms with E-state index in [1.165, 1.54) is 0 Å². The molecule has 10 heavy (non-hydrogen) atoms. The number of rotatable bonds is 2. The number of ketones is 1. The number of hydrogen-bond donors (Lipinski definition) is 3. The molecular weight excluding hydrogens is 162 g/mol. The van der Waals surface area contributed by atoms with E-state index in [9.17, 15) is 14.4 Å². The number of primary amides is 2. The third kappa shape index (κ3) is 5.01. The summed E-state index contributed by atoms with van der Waals surface area (Å²) >= 11 is 0. The van der Waals surface area contributed by atoms with Crippen LogP contribution in [0.15, 0.2) is 0 Å². The number of carbonyl (C=O) groups excluding carboxylic acids is 3. The van der Waals surface area contributed by atoms with Crippen LogP contribution in [0.4, 0.5) is 0 Å². The van der Waals surface area contributed by atoms with Gasteiger partial charge in [0, 0.05) is 0 Å². The lowest BCUT2D eigenvalue weighted by Gasteiger charge is -1.82. The van der Waals surface area contributed by atoms with E-state index >= 15 is 0 Å². The van der Waals surface area contributed by atoms with Crippen LogP contribution >= 0.6 is 12.4 Å². The summed E-state index contributed by atoms with van der Waals surface area (Å²) in [5, 5.41) is 0. The molecule has 0 aromatic heterocycles. The summed E-state index contributed by atoms with van der Waals surface area (Å²) in [4.78, 5) is 29.3. The summed E-state index contributed by atoms with van der Waals surface area (Å²) < 4.78 is 0. The lowest BCUT2D eigenvalue weighted by Crippen LogP contribution is -2.35. The van der Waals surface area contributed by atoms with E-state index in [1.807, 2.05) is 0 Å². The smallest absolute Gasteiger partial charge is 0.306 e. The Balaban J connectivity index is -0.000000245. The minimum Gasteiger partial charge on any atom is -0.363 e. The number of carbonyl (C=O) groups is 3. The van der Waals surface area contributed by atoms with Gasteiger partial charge in [0.2, 0.25) is 0 Å². The fourth-order valence-corrected chi connectivity index (χ4v) is 0.121. The molecule has 0 aliphatic carbocycles. The minimum absolute atomic E-state index is 0. The van der Waals surface area contributed by atoms with E-state index in [1.54, 1.807) is 0 Å². The molecule has 0 saturated heterocycles. The van der Waals surface area contributed by atoms with Gasteiger partial charge in [0.05, 0.1) is 0 Å². The van der Waals surface area contributed by atoms with Gasteiger partial charge in [-0.15, -0.1) is 12.4 Å². The third-order valence-electron chi connectivity index (χ3n) is 0.448. The summed E-state index contributed by atoms with van der Waals surface area (Å²) in [5.74, 6) is -4.01. The van der Waals surface area contributed by atoms with E-state index in [0.29, 0.717) is 0 Å². The first-order valence-corrected chi connectivity index (χ1v) is 1.69. The number of halogens is 1. The monoisotopic (exact) mass is 169 g/mol. The maximum Gasteiger partial charge on any atom is 0.306 e. The summed E-state index contributed by atoms with van der Waals surface area (Å²) in [5.41, 5.74) is 8.70. The van der Waals surface area contributed by atoms with Crippen molar-refractivity contribution in [1.82, 2.24) is 6.15 Å². The van der Waals surface area contributed by atoms with Crippen molar-refractivity contribution in [3.8, 4) is 0 Å². The molecule has 0 heterocycles. The molecule has 0 radical (unpaired) electrons. The highest BCUT2D eigenvalue weighted by atomic mass is 35.5. The van der Waals surface area contributed by atoms with Crippen molar-refractivity contribution in [2.45, 2.75) is 0 Å². The molecule has 6 nitrogen and oxygen atoms in total. The second-order valence-corrected chi connectivity index (χ2v) is 1.06. The highest BCUT2D eigenvalue weighted by Gasteiger charge is 2.14. The number of hydrogen-bond acceptors (Lipinski definition) is 4. The molecule has 2 amide bonds. The highest BCUT2D eigenvalue weighted by Crippen LogP contribution is 1.62. The predicted octanol–water partition coefficient (Wildman–Crippen LogP) is -1.89. The molecule has 7 heteroatoms. The van der Waals surface area contributed by atoms with Gasteiger partial charge in [0.15, 0.2) is 0 Å². The zero-order valence-corrected chi connectivity index (χ0v) is 5.81. The number of Topliss-reactive ketones (excluding diaryl/α,β-unsaturated/α-hetero) is 1. The lowest BCUT2D eigenvalue weighted by atomic mass is 10.4. The molecular formula is C3H8ClN3O3. The van der Waals surface area contributed by atoms with Crippen molar-refractivity contribution < 1.29 is 14.4 Å². The Kier molecular flexibility index (Phi) is 9.54. The van der Waals surface area contributed by atoms with Crippen LogP contribution in [0, 0.1) is 0 Å². The number of amides is 2. The molecule has 7 N–H and O–H groups in total. The molecule has 0 aromatic rings. The quantitative estimate of drug-likeness (QED) is 0.329. The highest BCUT2D eigenvalue weighted by molar-refractivity contribution is 6.62. The SMILES string of the molecule is Cl.N.NC(=O)C(=O)C(N)=O. The Morgan fingerprint density at radius 2 is 1.10 bits per heavy atom. The molecule has 0 fully saturated rings. The van der Waals surface area contributed by atoms with E-state index < -0.39 is 17.6 Å². The molecule has 0 aromatic carbocycles. The van der Waals surface area contributed by atoms with Crippen LogP contribution in [0.2, 0.25) is 0 Å². The van der Waals surface area contributed by atoms with Crippen LogP contribution in [0.25, 0.3) is 0 Å². The minimum atomic E-state index is -1.37. The van der Waals surface area contributed by atoms with Crippen molar-refractivity contribution in [3.05, 3.63) is 0 Å². The van der Waals surface area contributed by atoms with Crippen molar-refractivity contribution >= 4 is 30.0 Å². The normalized spacial score (nSPS) is 6.40. The second-order valence-electron chi connectivity index (χ2n) is 1.06. The van der Waals surface area contributed by atoms with Gasteiger partial charge < -0.3 is 17.6 Å². The fourth-order valence-electron chi connectivity index (χ4n) is 0.121. The lowest BCUT2D eigenvalue weighted by molar-refractivity contribution is -0.143. The summed E-state index contributed by atoms with van der Waals surface area (Å²) in [7, 11) is 0. The van der Waals surface area contributed by atoms with Gasteiger partial charge in [0.1, 0.15) is 0 Å². The Morgan fingerprint density at radius 3 is 1.10 bits per heavy atom. The summed E-state index contributed by atoms with van der Waals surface area (Å²) in [6.45, 7) is 0. The van der Waals surface area contributed by atoms with E-state index in [2.05, 4.69) is 11.5 Å². The van der Waals surface area contributed by atoms with E-state index in [-0.39, 0.29) is 18.6 Å². The zero-order valence-electron chi connectivity index (χ0n) is 4.99. The first-order chi connectivity index (χ1) is 3.55. The molecule has 0 saturated carbocycles. The fraction of sp³-hybridized carbons (Fsp3) is 0. The van der Waals surface area contributed by atoms with Crippen LogP contribution < -0.4 is 17.6 Å². The Morgan fingerprint density at radius 1 is 0.900 bits per heavy atom. The van der Waals surface area contributed by atoms with Crippen LogP contribution in [-0.2, 0) is 14.4 Å². The van der Waals surface area contributed by atoms with Gasteiger partial charge in [-0.1, -0.05) is 0 Å². The van der Waals surface area contributed by atoms with Gasteiger partial charge in [-0.2, -0.15) is 0 Å². The molecule has 0 unspecified atom stereocenters. The van der Waals surface area contributed by atoms with Crippen molar-refractivity contribution in [2.24, 2.45) is 11.5 Å². The van der Waals surface area contributed by atoms with Gasteiger partial charge in [-0.25, -0.2) is 0 Å². The summed E-state index contributed by atoms with van der Waals surface area (Å²) in [6, 6.07) is 0. The molecule has 0 aliphatic heterocycles. The van der Waals surface area contributed by atoms with Gasteiger partial charge >= 0.3 is 5.78 Å². The predicted molar refractivity (Wildman–Crippen MR) is 35.7 cm³/mol.